The lowest BCUT2D eigenvalue weighted by molar-refractivity contribution is 0.634. The van der Waals surface area contributed by atoms with Gasteiger partial charge >= 0.3 is 0 Å². The van der Waals surface area contributed by atoms with Crippen LogP contribution in [0.2, 0.25) is 5.02 Å². The second kappa shape index (κ2) is 5.98. The van der Waals surface area contributed by atoms with Gasteiger partial charge in [0, 0.05) is 28.9 Å². The molecule has 0 spiro atoms. The minimum absolute atomic E-state index is 0.247. The molecule has 0 bridgehead atoms. The number of nitrogens with one attached hydrogen (secondary N) is 1. The van der Waals surface area contributed by atoms with Crippen molar-refractivity contribution in [2.45, 2.75) is 40.3 Å². The maximum atomic E-state index is 6.43. The standard InChI is InChI=1S/C16H22ClN3/c1-6-20-12(4)16(11(3)19-20)13-7-8-14(10(2)18-5)15(17)9-13/h7-10,18H,6H2,1-5H3. The highest BCUT2D eigenvalue weighted by atomic mass is 35.5. The van der Waals surface area contributed by atoms with E-state index in [9.17, 15) is 0 Å². The molecule has 0 amide bonds. The largest absolute Gasteiger partial charge is 0.313 e. The zero-order valence-corrected chi connectivity index (χ0v) is 13.5. The summed E-state index contributed by atoms with van der Waals surface area (Å²) in [4.78, 5) is 0. The van der Waals surface area contributed by atoms with Gasteiger partial charge in [0.25, 0.3) is 0 Å². The summed E-state index contributed by atoms with van der Waals surface area (Å²) in [7, 11) is 1.94. The highest BCUT2D eigenvalue weighted by Crippen LogP contribution is 2.32. The van der Waals surface area contributed by atoms with Gasteiger partial charge in [-0.3, -0.25) is 4.68 Å². The molecule has 1 aromatic carbocycles. The SMILES string of the molecule is CCn1nc(C)c(-c2ccc(C(C)NC)c(Cl)c2)c1C. The van der Waals surface area contributed by atoms with Crippen LogP contribution in [0.3, 0.4) is 0 Å². The van der Waals surface area contributed by atoms with Crippen molar-refractivity contribution in [1.82, 2.24) is 15.1 Å². The van der Waals surface area contributed by atoms with Gasteiger partial charge in [-0.2, -0.15) is 5.10 Å². The Morgan fingerprint density at radius 1 is 1.35 bits per heavy atom. The molecule has 2 rings (SSSR count). The summed E-state index contributed by atoms with van der Waals surface area (Å²) in [5.41, 5.74) is 5.69. The number of aryl methyl sites for hydroxylation is 2. The molecule has 0 aliphatic carbocycles. The second-order valence-corrected chi connectivity index (χ2v) is 5.52. The van der Waals surface area contributed by atoms with Crippen LogP contribution in [-0.2, 0) is 6.54 Å². The molecule has 0 fully saturated rings. The van der Waals surface area contributed by atoms with Crippen molar-refractivity contribution in [3.63, 3.8) is 0 Å². The van der Waals surface area contributed by atoms with E-state index >= 15 is 0 Å². The third-order valence-corrected chi connectivity index (χ3v) is 4.20. The maximum Gasteiger partial charge on any atom is 0.0674 e. The van der Waals surface area contributed by atoms with Gasteiger partial charge in [-0.15, -0.1) is 0 Å². The van der Waals surface area contributed by atoms with Crippen molar-refractivity contribution in [1.29, 1.82) is 0 Å². The molecule has 20 heavy (non-hydrogen) atoms. The van der Waals surface area contributed by atoms with Crippen molar-refractivity contribution < 1.29 is 0 Å². The lowest BCUT2D eigenvalue weighted by Crippen LogP contribution is -2.12. The van der Waals surface area contributed by atoms with E-state index in [1.54, 1.807) is 0 Å². The maximum absolute atomic E-state index is 6.43. The number of nitrogens with zero attached hydrogens (tertiary/aromatic N) is 2. The van der Waals surface area contributed by atoms with Gasteiger partial charge < -0.3 is 5.32 Å². The number of halogens is 1. The quantitative estimate of drug-likeness (QED) is 0.918. The highest BCUT2D eigenvalue weighted by Gasteiger charge is 2.15. The highest BCUT2D eigenvalue weighted by molar-refractivity contribution is 6.31. The van der Waals surface area contributed by atoms with Crippen LogP contribution in [0.4, 0.5) is 0 Å². The molecule has 3 nitrogen and oxygen atoms in total. The predicted octanol–water partition coefficient (Wildman–Crippen LogP) is 4.12. The molecule has 0 radical (unpaired) electrons. The molecule has 108 valence electrons. The summed E-state index contributed by atoms with van der Waals surface area (Å²) >= 11 is 6.43. The van der Waals surface area contributed by atoms with Crippen molar-refractivity contribution in [2.75, 3.05) is 7.05 Å². The fourth-order valence-corrected chi connectivity index (χ4v) is 2.96. The molecule has 0 saturated carbocycles. The molecule has 0 saturated heterocycles. The average Bonchev–Trinajstić information content (AvgIpc) is 2.72. The van der Waals surface area contributed by atoms with Crippen LogP contribution < -0.4 is 5.32 Å². The Balaban J connectivity index is 2.50. The van der Waals surface area contributed by atoms with Gasteiger partial charge in [-0.25, -0.2) is 0 Å². The second-order valence-electron chi connectivity index (χ2n) is 5.11. The Morgan fingerprint density at radius 3 is 2.55 bits per heavy atom. The average molecular weight is 292 g/mol. The van der Waals surface area contributed by atoms with E-state index in [4.69, 9.17) is 11.6 Å². The van der Waals surface area contributed by atoms with E-state index in [-0.39, 0.29) is 6.04 Å². The van der Waals surface area contributed by atoms with Gasteiger partial charge in [0.2, 0.25) is 0 Å². The Kier molecular flexibility index (Phi) is 4.51. The van der Waals surface area contributed by atoms with Gasteiger partial charge in [0.15, 0.2) is 0 Å². The first-order chi connectivity index (χ1) is 9.49. The third-order valence-electron chi connectivity index (χ3n) is 3.87. The molecule has 1 unspecified atom stereocenters. The van der Waals surface area contributed by atoms with Crippen LogP contribution in [0, 0.1) is 13.8 Å². The summed E-state index contributed by atoms with van der Waals surface area (Å²) in [5.74, 6) is 0. The van der Waals surface area contributed by atoms with Gasteiger partial charge in [-0.05, 0) is 51.9 Å². The smallest absolute Gasteiger partial charge is 0.0674 e. The lowest BCUT2D eigenvalue weighted by atomic mass is 10.00. The molecule has 2 aromatic rings. The minimum Gasteiger partial charge on any atom is -0.313 e. The number of hydrogen-bond donors (Lipinski definition) is 1. The minimum atomic E-state index is 0.247. The van der Waals surface area contributed by atoms with Crippen LogP contribution in [0.15, 0.2) is 18.2 Å². The summed E-state index contributed by atoms with van der Waals surface area (Å²) in [6.45, 7) is 9.25. The van der Waals surface area contributed by atoms with E-state index in [0.717, 1.165) is 28.4 Å². The monoisotopic (exact) mass is 291 g/mol. The Labute approximate surface area is 126 Å². The first-order valence-electron chi connectivity index (χ1n) is 7.00. The molecule has 1 N–H and O–H groups in total. The van der Waals surface area contributed by atoms with E-state index < -0.39 is 0 Å². The van der Waals surface area contributed by atoms with Gasteiger partial charge in [0.1, 0.15) is 0 Å². The number of benzene rings is 1. The van der Waals surface area contributed by atoms with E-state index in [1.807, 2.05) is 24.7 Å². The van der Waals surface area contributed by atoms with Crippen LogP contribution in [0.1, 0.15) is 36.8 Å². The van der Waals surface area contributed by atoms with Crippen molar-refractivity contribution in [3.8, 4) is 11.1 Å². The molecule has 4 heteroatoms. The summed E-state index contributed by atoms with van der Waals surface area (Å²) in [5, 5.41) is 8.58. The Bertz CT molecular complexity index is 616. The Morgan fingerprint density at radius 2 is 2.05 bits per heavy atom. The zero-order valence-electron chi connectivity index (χ0n) is 12.8. The fourth-order valence-electron chi connectivity index (χ4n) is 2.61. The van der Waals surface area contributed by atoms with Crippen molar-refractivity contribution >= 4 is 11.6 Å². The molecule has 0 aliphatic rings. The third kappa shape index (κ3) is 2.60. The van der Waals surface area contributed by atoms with Crippen molar-refractivity contribution in [3.05, 3.63) is 40.2 Å². The first-order valence-corrected chi connectivity index (χ1v) is 7.38. The molecule has 0 aliphatic heterocycles. The van der Waals surface area contributed by atoms with Crippen LogP contribution in [-0.4, -0.2) is 16.8 Å². The normalized spacial score (nSPS) is 12.7. The number of aromatic nitrogens is 2. The van der Waals surface area contributed by atoms with Crippen molar-refractivity contribution in [2.24, 2.45) is 0 Å². The zero-order chi connectivity index (χ0) is 14.9. The topological polar surface area (TPSA) is 29.9 Å². The van der Waals surface area contributed by atoms with E-state index in [0.29, 0.717) is 0 Å². The van der Waals surface area contributed by atoms with E-state index in [2.05, 4.69) is 43.3 Å². The lowest BCUT2D eigenvalue weighted by Gasteiger charge is -2.14. The first kappa shape index (κ1) is 15.1. The molecular weight excluding hydrogens is 270 g/mol. The van der Waals surface area contributed by atoms with Crippen LogP contribution in [0.25, 0.3) is 11.1 Å². The molecular formula is C16H22ClN3. The number of rotatable bonds is 4. The summed E-state index contributed by atoms with van der Waals surface area (Å²) in [6.07, 6.45) is 0. The molecule has 1 aromatic heterocycles. The summed E-state index contributed by atoms with van der Waals surface area (Å²) < 4.78 is 2.03. The van der Waals surface area contributed by atoms with Gasteiger partial charge in [-0.1, -0.05) is 23.7 Å². The summed E-state index contributed by atoms with van der Waals surface area (Å²) in [6, 6.07) is 6.52. The molecule has 1 heterocycles. The van der Waals surface area contributed by atoms with Crippen LogP contribution >= 0.6 is 11.6 Å². The predicted molar refractivity (Wildman–Crippen MR) is 85.3 cm³/mol. The van der Waals surface area contributed by atoms with Crippen LogP contribution in [0.5, 0.6) is 0 Å². The van der Waals surface area contributed by atoms with Gasteiger partial charge in [0.05, 0.1) is 5.69 Å². The number of hydrogen-bond acceptors (Lipinski definition) is 2. The molecule has 1 atom stereocenters. The Hall–Kier alpha value is -1.32. The fraction of sp³-hybridized carbons (Fsp3) is 0.438. The van der Waals surface area contributed by atoms with E-state index in [1.165, 1.54) is 11.3 Å².